The number of methoxy groups -OCH3 is 1. The minimum atomic E-state index is -0.223. The molecule has 1 amide bonds. The summed E-state index contributed by atoms with van der Waals surface area (Å²) < 4.78 is 5.17. The predicted molar refractivity (Wildman–Crippen MR) is 77.9 cm³/mol. The number of rotatable bonds is 5. The van der Waals surface area contributed by atoms with Crippen molar-refractivity contribution >= 4 is 17.5 Å². The van der Waals surface area contributed by atoms with Crippen LogP contribution in [0.25, 0.3) is 0 Å². The van der Waals surface area contributed by atoms with Crippen LogP contribution < -0.4 is 5.32 Å². The van der Waals surface area contributed by atoms with Crippen molar-refractivity contribution in [3.05, 3.63) is 35.4 Å². The molecule has 0 heterocycles. The fourth-order valence-corrected chi connectivity index (χ4v) is 1.73. The van der Waals surface area contributed by atoms with Crippen LogP contribution in [0.2, 0.25) is 0 Å². The molecule has 1 aromatic carbocycles. The molecule has 0 radical (unpaired) electrons. The molecule has 1 rings (SSSR count). The number of hydrogen-bond donors (Lipinski definition) is 1. The van der Waals surface area contributed by atoms with Crippen molar-refractivity contribution < 1.29 is 14.4 Å². The van der Waals surface area contributed by atoms with E-state index in [2.05, 4.69) is 15.5 Å². The third-order valence-electron chi connectivity index (χ3n) is 2.50. The number of oxime groups is 1. The number of carbonyl (C=O) groups excluding carboxylic acids is 1. The average molecular weight is 277 g/mol. The summed E-state index contributed by atoms with van der Waals surface area (Å²) in [6.07, 6.45) is 0. The molecule has 0 atom stereocenters. The second-order valence-electron chi connectivity index (χ2n) is 3.97. The van der Waals surface area contributed by atoms with E-state index in [4.69, 9.17) is 9.57 Å². The van der Waals surface area contributed by atoms with Crippen molar-refractivity contribution in [1.82, 2.24) is 5.32 Å². The van der Waals surface area contributed by atoms with Crippen molar-refractivity contribution in [3.8, 4) is 0 Å². The Hall–Kier alpha value is -2.21. The molecule has 0 bridgehead atoms. The Morgan fingerprint density at radius 1 is 1.30 bits per heavy atom. The van der Waals surface area contributed by atoms with E-state index in [1.54, 1.807) is 14.2 Å². The Balaban J connectivity index is 3.27. The van der Waals surface area contributed by atoms with Crippen molar-refractivity contribution in [1.29, 1.82) is 0 Å². The molecule has 108 valence electrons. The molecule has 20 heavy (non-hydrogen) atoms. The highest BCUT2D eigenvalue weighted by atomic mass is 16.6. The normalized spacial score (nSPS) is 12.2. The van der Waals surface area contributed by atoms with Crippen LogP contribution in [0.15, 0.2) is 34.4 Å². The third-order valence-corrected chi connectivity index (χ3v) is 2.50. The number of hydrogen-bond acceptors (Lipinski definition) is 5. The first-order valence-corrected chi connectivity index (χ1v) is 6.07. The van der Waals surface area contributed by atoms with Crippen LogP contribution in [0.5, 0.6) is 0 Å². The lowest BCUT2D eigenvalue weighted by molar-refractivity contribution is -0.117. The Morgan fingerprint density at radius 2 is 2.00 bits per heavy atom. The van der Waals surface area contributed by atoms with Gasteiger partial charge in [-0.1, -0.05) is 29.4 Å². The first-order valence-electron chi connectivity index (χ1n) is 6.07. The smallest absolute Gasteiger partial charge is 0.222 e. The van der Waals surface area contributed by atoms with Crippen molar-refractivity contribution in [2.45, 2.75) is 13.5 Å². The molecular weight excluding hydrogens is 258 g/mol. The van der Waals surface area contributed by atoms with E-state index in [0.717, 1.165) is 11.1 Å². The summed E-state index contributed by atoms with van der Waals surface area (Å²) in [6, 6.07) is 7.58. The highest BCUT2D eigenvalue weighted by Crippen LogP contribution is 2.12. The van der Waals surface area contributed by atoms with Gasteiger partial charge in [-0.3, -0.25) is 9.79 Å². The standard InChI is InChI=1S/C14H19N3O3/c1-10(18)16-14(15-2)13(17-20-4)12-8-6-5-7-11(12)9-19-3/h5-8H,9H2,1-4H3,(H,15,16,18)/b17-13+. The second kappa shape index (κ2) is 8.06. The maximum atomic E-state index is 11.3. The predicted octanol–water partition coefficient (Wildman–Crippen LogP) is 1.35. The molecule has 6 nitrogen and oxygen atoms in total. The maximum absolute atomic E-state index is 11.3. The van der Waals surface area contributed by atoms with Crippen LogP contribution in [0.4, 0.5) is 0 Å². The molecule has 0 saturated carbocycles. The van der Waals surface area contributed by atoms with Crippen LogP contribution in [-0.2, 0) is 21.0 Å². The van der Waals surface area contributed by atoms with E-state index in [1.165, 1.54) is 14.0 Å². The molecule has 0 unspecified atom stereocenters. The minimum absolute atomic E-state index is 0.223. The van der Waals surface area contributed by atoms with E-state index < -0.39 is 0 Å². The van der Waals surface area contributed by atoms with Gasteiger partial charge in [0, 0.05) is 26.6 Å². The summed E-state index contributed by atoms with van der Waals surface area (Å²) in [7, 11) is 4.64. The molecule has 1 N–H and O–H groups in total. The first kappa shape index (κ1) is 15.8. The zero-order chi connectivity index (χ0) is 15.0. The molecule has 0 aliphatic heterocycles. The van der Waals surface area contributed by atoms with Crippen LogP contribution in [0, 0.1) is 0 Å². The molecule has 0 saturated heterocycles. The third kappa shape index (κ3) is 4.17. The summed E-state index contributed by atoms with van der Waals surface area (Å²) in [5.74, 6) is 0.126. The van der Waals surface area contributed by atoms with Gasteiger partial charge in [-0.15, -0.1) is 0 Å². The molecule has 0 spiro atoms. The van der Waals surface area contributed by atoms with Gasteiger partial charge in [0.05, 0.1) is 6.61 Å². The van der Waals surface area contributed by atoms with Crippen molar-refractivity contribution in [2.24, 2.45) is 10.1 Å². The number of amides is 1. The highest BCUT2D eigenvalue weighted by Gasteiger charge is 2.17. The zero-order valence-corrected chi connectivity index (χ0v) is 12.1. The van der Waals surface area contributed by atoms with Crippen LogP contribution in [0.1, 0.15) is 18.1 Å². The molecule has 0 aliphatic carbocycles. The monoisotopic (exact) mass is 277 g/mol. The molecule has 1 aromatic rings. The summed E-state index contributed by atoms with van der Waals surface area (Å²) >= 11 is 0. The van der Waals surface area contributed by atoms with Crippen molar-refractivity contribution in [3.63, 3.8) is 0 Å². The lowest BCUT2D eigenvalue weighted by atomic mass is 10.0. The Morgan fingerprint density at radius 3 is 2.55 bits per heavy atom. The van der Waals surface area contributed by atoms with Gasteiger partial charge in [0.1, 0.15) is 7.11 Å². The summed E-state index contributed by atoms with van der Waals surface area (Å²) in [4.78, 5) is 20.2. The van der Waals surface area contributed by atoms with E-state index in [1.807, 2.05) is 24.3 Å². The van der Waals surface area contributed by atoms with Crippen LogP contribution in [0.3, 0.4) is 0 Å². The highest BCUT2D eigenvalue weighted by molar-refractivity contribution is 6.49. The Bertz CT molecular complexity index is 524. The Kier molecular flexibility index (Phi) is 6.39. The maximum Gasteiger partial charge on any atom is 0.222 e. The lowest BCUT2D eigenvalue weighted by Crippen LogP contribution is -2.36. The largest absolute Gasteiger partial charge is 0.399 e. The van der Waals surface area contributed by atoms with E-state index in [0.29, 0.717) is 18.2 Å². The number of ether oxygens (including phenoxy) is 1. The number of nitrogens with zero attached hydrogens (tertiary/aromatic N) is 2. The SMILES string of the molecule is CN=C(NC(C)=O)/C(=N/OC)c1ccccc1COC. The number of amidine groups is 1. The molecule has 6 heteroatoms. The number of benzene rings is 1. The zero-order valence-electron chi connectivity index (χ0n) is 12.1. The second-order valence-corrected chi connectivity index (χ2v) is 3.97. The first-order chi connectivity index (χ1) is 9.63. The van der Waals surface area contributed by atoms with E-state index >= 15 is 0 Å². The van der Waals surface area contributed by atoms with Crippen LogP contribution >= 0.6 is 0 Å². The van der Waals surface area contributed by atoms with Gasteiger partial charge >= 0.3 is 0 Å². The van der Waals surface area contributed by atoms with Gasteiger partial charge in [0.15, 0.2) is 11.5 Å². The number of aliphatic imine (C=N–C) groups is 1. The molecule has 0 aliphatic rings. The fourth-order valence-electron chi connectivity index (χ4n) is 1.73. The van der Waals surface area contributed by atoms with Gasteiger partial charge in [-0.2, -0.15) is 0 Å². The fraction of sp³-hybridized carbons (Fsp3) is 0.357. The van der Waals surface area contributed by atoms with Crippen LogP contribution in [-0.4, -0.2) is 38.7 Å². The molecular formula is C14H19N3O3. The van der Waals surface area contributed by atoms with Gasteiger partial charge < -0.3 is 14.9 Å². The Labute approximate surface area is 118 Å². The van der Waals surface area contributed by atoms with Gasteiger partial charge in [0.25, 0.3) is 0 Å². The summed E-state index contributed by atoms with van der Waals surface area (Å²) in [6.45, 7) is 1.84. The van der Waals surface area contributed by atoms with E-state index in [9.17, 15) is 4.79 Å². The summed E-state index contributed by atoms with van der Waals surface area (Å²) in [5.41, 5.74) is 2.18. The minimum Gasteiger partial charge on any atom is -0.399 e. The number of carbonyl (C=O) groups is 1. The number of nitrogens with one attached hydrogen (secondary N) is 1. The summed E-state index contributed by atoms with van der Waals surface area (Å²) in [5, 5.41) is 6.62. The molecule has 0 fully saturated rings. The molecule has 0 aromatic heterocycles. The quantitative estimate of drug-likeness (QED) is 0.501. The topological polar surface area (TPSA) is 72.3 Å². The van der Waals surface area contributed by atoms with Gasteiger partial charge in [-0.25, -0.2) is 0 Å². The van der Waals surface area contributed by atoms with Gasteiger partial charge in [-0.05, 0) is 5.56 Å². The van der Waals surface area contributed by atoms with E-state index in [-0.39, 0.29) is 5.91 Å². The van der Waals surface area contributed by atoms with Gasteiger partial charge in [0.2, 0.25) is 5.91 Å². The van der Waals surface area contributed by atoms with Crippen molar-refractivity contribution in [2.75, 3.05) is 21.3 Å². The lowest BCUT2D eigenvalue weighted by Gasteiger charge is -2.13. The average Bonchev–Trinajstić information content (AvgIpc) is 2.43.